The molecule has 1 rings (SSSR count). The fourth-order valence-corrected chi connectivity index (χ4v) is 0.611. The van der Waals surface area contributed by atoms with Crippen LogP contribution >= 0.6 is 0 Å². The lowest BCUT2D eigenvalue weighted by atomic mass is 10.4. The average Bonchev–Trinajstić information content (AvgIpc) is 2.04. The SMILES string of the molecule is COc1nc(N)ncc1C#N.[HH]. The lowest BCUT2D eigenvalue weighted by Gasteiger charge is -1.99. The van der Waals surface area contributed by atoms with Crippen molar-refractivity contribution in [3.05, 3.63) is 11.8 Å². The van der Waals surface area contributed by atoms with Gasteiger partial charge in [-0.05, 0) is 0 Å². The van der Waals surface area contributed by atoms with Crippen molar-refractivity contribution < 1.29 is 6.16 Å². The Hall–Kier alpha value is -1.83. The van der Waals surface area contributed by atoms with Crippen LogP contribution in [0.1, 0.15) is 6.99 Å². The van der Waals surface area contributed by atoms with Crippen LogP contribution in [-0.2, 0) is 0 Å². The van der Waals surface area contributed by atoms with Gasteiger partial charge in [0, 0.05) is 1.43 Å². The minimum atomic E-state index is 0. The second-order valence-electron chi connectivity index (χ2n) is 1.76. The Kier molecular flexibility index (Phi) is 1.88. The number of hydrogen-bond acceptors (Lipinski definition) is 5. The van der Waals surface area contributed by atoms with Crippen molar-refractivity contribution in [3.63, 3.8) is 0 Å². The summed E-state index contributed by atoms with van der Waals surface area (Å²) in [5.74, 6) is 0.306. The van der Waals surface area contributed by atoms with Crippen LogP contribution in [0.4, 0.5) is 5.95 Å². The highest BCUT2D eigenvalue weighted by atomic mass is 16.5. The standard InChI is InChI=1S/C6H6N4O.H2/c1-11-5-4(2-7)3-9-6(8)10-5;/h3H,1H3,(H2,8,9,10);1H. The second-order valence-corrected chi connectivity index (χ2v) is 1.76. The molecule has 0 amide bonds. The number of nitrogens with two attached hydrogens (primary N) is 1. The molecule has 0 saturated heterocycles. The maximum Gasteiger partial charge on any atom is 0.236 e. The van der Waals surface area contributed by atoms with E-state index < -0.39 is 0 Å². The fourth-order valence-electron chi connectivity index (χ4n) is 0.611. The van der Waals surface area contributed by atoms with Crippen LogP contribution in [0.25, 0.3) is 0 Å². The van der Waals surface area contributed by atoms with Gasteiger partial charge in [0.1, 0.15) is 11.6 Å². The molecule has 0 saturated carbocycles. The number of rotatable bonds is 1. The van der Waals surface area contributed by atoms with E-state index in [4.69, 9.17) is 15.7 Å². The molecule has 0 aliphatic carbocycles. The highest BCUT2D eigenvalue weighted by Crippen LogP contribution is 2.12. The van der Waals surface area contributed by atoms with Gasteiger partial charge in [0.25, 0.3) is 0 Å². The van der Waals surface area contributed by atoms with Crippen molar-refractivity contribution in [2.75, 3.05) is 12.8 Å². The summed E-state index contributed by atoms with van der Waals surface area (Å²) in [7, 11) is 1.42. The van der Waals surface area contributed by atoms with Gasteiger partial charge in [0.15, 0.2) is 0 Å². The maximum atomic E-state index is 8.49. The highest BCUT2D eigenvalue weighted by Gasteiger charge is 2.03. The number of ether oxygens (including phenoxy) is 1. The zero-order chi connectivity index (χ0) is 8.27. The topological polar surface area (TPSA) is 84.8 Å². The molecule has 2 N–H and O–H groups in total. The molecule has 0 spiro atoms. The van der Waals surface area contributed by atoms with Gasteiger partial charge < -0.3 is 10.5 Å². The van der Waals surface area contributed by atoms with Gasteiger partial charge in [-0.3, -0.25) is 0 Å². The van der Waals surface area contributed by atoms with E-state index in [1.165, 1.54) is 13.3 Å². The fraction of sp³-hybridized carbons (Fsp3) is 0.167. The maximum absolute atomic E-state index is 8.49. The first kappa shape index (κ1) is 7.28. The van der Waals surface area contributed by atoms with Gasteiger partial charge in [0.05, 0.1) is 13.3 Å². The Morgan fingerprint density at radius 1 is 1.82 bits per heavy atom. The number of nitriles is 1. The molecule has 1 heterocycles. The van der Waals surface area contributed by atoms with Crippen molar-refractivity contribution >= 4 is 5.95 Å². The van der Waals surface area contributed by atoms with Gasteiger partial charge in [-0.2, -0.15) is 10.2 Å². The largest absolute Gasteiger partial charge is 0.480 e. The molecule has 0 radical (unpaired) electrons. The predicted molar refractivity (Wildman–Crippen MR) is 39.8 cm³/mol. The van der Waals surface area contributed by atoms with Crippen molar-refractivity contribution in [2.45, 2.75) is 0 Å². The van der Waals surface area contributed by atoms with Crippen molar-refractivity contribution in [1.29, 1.82) is 5.26 Å². The molecule has 5 heteroatoms. The summed E-state index contributed by atoms with van der Waals surface area (Å²) in [6.07, 6.45) is 1.32. The van der Waals surface area contributed by atoms with Crippen LogP contribution < -0.4 is 10.5 Å². The molecule has 0 unspecified atom stereocenters. The zero-order valence-corrected chi connectivity index (χ0v) is 5.90. The van der Waals surface area contributed by atoms with Crippen molar-refractivity contribution in [2.24, 2.45) is 0 Å². The van der Waals surface area contributed by atoms with Crippen LogP contribution in [0.15, 0.2) is 6.20 Å². The highest BCUT2D eigenvalue weighted by molar-refractivity contribution is 5.38. The predicted octanol–water partition coefficient (Wildman–Crippen LogP) is 0.185. The number of methoxy groups -OCH3 is 1. The Bertz CT molecular complexity index is 309. The summed E-state index contributed by atoms with van der Waals surface area (Å²) >= 11 is 0. The van der Waals surface area contributed by atoms with Crippen LogP contribution in [0, 0.1) is 11.3 Å². The normalized spacial score (nSPS) is 8.73. The summed E-state index contributed by atoms with van der Waals surface area (Å²) in [4.78, 5) is 7.31. The molecule has 5 nitrogen and oxygen atoms in total. The van der Waals surface area contributed by atoms with E-state index in [0.717, 1.165) is 0 Å². The van der Waals surface area contributed by atoms with Crippen LogP contribution in [-0.4, -0.2) is 17.1 Å². The molecule has 1 aromatic heterocycles. The molecule has 0 aliphatic rings. The molecule has 1 aromatic rings. The molecule has 0 atom stereocenters. The number of aromatic nitrogens is 2. The monoisotopic (exact) mass is 152 g/mol. The molecule has 0 bridgehead atoms. The Morgan fingerprint density at radius 2 is 2.55 bits per heavy atom. The van der Waals surface area contributed by atoms with Crippen molar-refractivity contribution in [1.82, 2.24) is 9.97 Å². The third kappa shape index (κ3) is 1.35. The number of anilines is 1. The lowest BCUT2D eigenvalue weighted by molar-refractivity contribution is 0.396. The van der Waals surface area contributed by atoms with Crippen LogP contribution in [0.5, 0.6) is 5.88 Å². The summed E-state index contributed by atoms with van der Waals surface area (Å²) in [5, 5.41) is 8.49. The minimum Gasteiger partial charge on any atom is -0.480 e. The third-order valence-electron chi connectivity index (χ3n) is 1.09. The van der Waals surface area contributed by atoms with Gasteiger partial charge in [0.2, 0.25) is 11.8 Å². The van der Waals surface area contributed by atoms with E-state index in [2.05, 4.69) is 9.97 Å². The van der Waals surface area contributed by atoms with Crippen molar-refractivity contribution in [3.8, 4) is 11.9 Å². The van der Waals surface area contributed by atoms with Crippen LogP contribution in [0.2, 0.25) is 0 Å². The van der Waals surface area contributed by atoms with E-state index in [9.17, 15) is 0 Å². The molecule has 0 aliphatic heterocycles. The summed E-state index contributed by atoms with van der Waals surface area (Å²) in [6, 6.07) is 1.87. The van der Waals surface area contributed by atoms with E-state index >= 15 is 0 Å². The van der Waals surface area contributed by atoms with Gasteiger partial charge in [-0.15, -0.1) is 0 Å². The molecule has 58 valence electrons. The molecule has 0 fully saturated rings. The Labute approximate surface area is 64.9 Å². The second kappa shape index (κ2) is 2.84. The summed E-state index contributed by atoms with van der Waals surface area (Å²) in [6.45, 7) is 0. The number of nitrogens with zero attached hydrogens (tertiary/aromatic N) is 3. The van der Waals surface area contributed by atoms with E-state index in [1.807, 2.05) is 6.07 Å². The summed E-state index contributed by atoms with van der Waals surface area (Å²) in [5.41, 5.74) is 5.53. The first-order valence-corrected chi connectivity index (χ1v) is 2.84. The van der Waals surface area contributed by atoms with E-state index in [0.29, 0.717) is 0 Å². The van der Waals surface area contributed by atoms with Gasteiger partial charge >= 0.3 is 0 Å². The van der Waals surface area contributed by atoms with Gasteiger partial charge in [-0.25, -0.2) is 4.98 Å². The quantitative estimate of drug-likeness (QED) is 0.620. The Balaban J connectivity index is 0.00000121. The third-order valence-corrected chi connectivity index (χ3v) is 1.09. The first-order chi connectivity index (χ1) is 5.27. The Morgan fingerprint density at radius 3 is 3.09 bits per heavy atom. The zero-order valence-electron chi connectivity index (χ0n) is 5.90. The van der Waals surface area contributed by atoms with Crippen LogP contribution in [0.3, 0.4) is 0 Å². The first-order valence-electron chi connectivity index (χ1n) is 2.84. The number of hydrogen-bond donors (Lipinski definition) is 1. The average molecular weight is 152 g/mol. The minimum absolute atomic E-state index is 0. The lowest BCUT2D eigenvalue weighted by Crippen LogP contribution is -1.99. The van der Waals surface area contributed by atoms with E-state index in [-0.39, 0.29) is 18.8 Å². The smallest absolute Gasteiger partial charge is 0.236 e. The van der Waals surface area contributed by atoms with Gasteiger partial charge in [-0.1, -0.05) is 0 Å². The molecule has 11 heavy (non-hydrogen) atoms. The molecular weight excluding hydrogens is 144 g/mol. The summed E-state index contributed by atoms with van der Waals surface area (Å²) < 4.78 is 4.76. The molecule has 0 aromatic carbocycles. The van der Waals surface area contributed by atoms with E-state index in [1.54, 1.807) is 0 Å². The molecular formula is C6H8N4O. The number of nitrogen functional groups attached to an aromatic ring is 1.